The second-order valence-corrected chi connectivity index (χ2v) is 6.34. The van der Waals surface area contributed by atoms with Crippen LogP contribution < -0.4 is 9.80 Å². The van der Waals surface area contributed by atoms with Crippen LogP contribution >= 0.6 is 0 Å². The van der Waals surface area contributed by atoms with E-state index in [1.165, 1.54) is 11.3 Å². The van der Waals surface area contributed by atoms with E-state index in [9.17, 15) is 9.59 Å². The Kier molecular flexibility index (Phi) is 3.34. The van der Waals surface area contributed by atoms with Gasteiger partial charge in [0.15, 0.2) is 6.67 Å². The third-order valence-corrected chi connectivity index (χ3v) is 4.34. The van der Waals surface area contributed by atoms with Gasteiger partial charge >= 0.3 is 5.91 Å². The maximum absolute atomic E-state index is 12.2. The summed E-state index contributed by atoms with van der Waals surface area (Å²) >= 11 is 0. The number of quaternary nitrogens is 1. The van der Waals surface area contributed by atoms with E-state index < -0.39 is 0 Å². The smallest absolute Gasteiger partial charge is 0.303 e. The van der Waals surface area contributed by atoms with Crippen LogP contribution in [0.2, 0.25) is 0 Å². The monoisotopic (exact) mass is 273 g/mol. The first kappa shape index (κ1) is 13.3. The van der Waals surface area contributed by atoms with Crippen LogP contribution in [0.4, 0.5) is 5.69 Å². The number of nitrogens with zero attached hydrogens (tertiary/aromatic N) is 1. The topological polar surface area (TPSA) is 41.8 Å². The molecule has 2 heterocycles. The van der Waals surface area contributed by atoms with Gasteiger partial charge in [-0.1, -0.05) is 26.0 Å². The average molecular weight is 273 g/mol. The summed E-state index contributed by atoms with van der Waals surface area (Å²) in [4.78, 5) is 27.2. The molecule has 106 valence electrons. The van der Waals surface area contributed by atoms with Crippen LogP contribution in [0.3, 0.4) is 0 Å². The van der Waals surface area contributed by atoms with Gasteiger partial charge in [0.25, 0.3) is 5.78 Å². The zero-order valence-corrected chi connectivity index (χ0v) is 12.1. The van der Waals surface area contributed by atoms with Crippen molar-refractivity contribution in [3.05, 3.63) is 29.8 Å². The van der Waals surface area contributed by atoms with Crippen molar-refractivity contribution in [1.29, 1.82) is 0 Å². The molecule has 0 radical (unpaired) electrons. The van der Waals surface area contributed by atoms with Crippen LogP contribution in [0.25, 0.3) is 0 Å². The lowest BCUT2D eigenvalue weighted by Gasteiger charge is -2.34. The molecular weight excluding hydrogens is 252 g/mol. The number of ketones is 1. The maximum atomic E-state index is 12.2. The quantitative estimate of drug-likeness (QED) is 0.807. The second-order valence-electron chi connectivity index (χ2n) is 6.34. The van der Waals surface area contributed by atoms with Crippen LogP contribution in [0, 0.1) is 11.8 Å². The molecule has 0 bridgehead atoms. The number of fused-ring (bicyclic) bond motifs is 1. The zero-order valence-electron chi connectivity index (χ0n) is 12.1. The molecule has 2 aliphatic rings. The van der Waals surface area contributed by atoms with Crippen LogP contribution in [0.5, 0.6) is 0 Å². The van der Waals surface area contributed by atoms with Gasteiger partial charge < -0.3 is 4.90 Å². The first-order chi connectivity index (χ1) is 9.56. The van der Waals surface area contributed by atoms with Crippen molar-refractivity contribution in [2.45, 2.75) is 20.3 Å². The maximum Gasteiger partial charge on any atom is 0.303 e. The molecule has 2 atom stereocenters. The van der Waals surface area contributed by atoms with Gasteiger partial charge in [0.05, 0.1) is 24.3 Å². The number of Topliss-reactive ketones (excluding diaryl/α,β-unsaturated/α-hetero) is 1. The fraction of sp³-hybridized carbons (Fsp3) is 0.500. The minimum Gasteiger partial charge on any atom is -0.317 e. The SMILES string of the molecule is C[C@H]1C[C@H](C)C[NH+](CN2C(=O)C(=O)c3ccccc32)C1. The first-order valence-electron chi connectivity index (χ1n) is 7.35. The van der Waals surface area contributed by atoms with E-state index in [1.807, 2.05) is 18.2 Å². The van der Waals surface area contributed by atoms with Gasteiger partial charge in [0.2, 0.25) is 0 Å². The summed E-state index contributed by atoms with van der Waals surface area (Å²) in [5.74, 6) is 0.623. The van der Waals surface area contributed by atoms with Gasteiger partial charge in [-0.3, -0.25) is 14.5 Å². The van der Waals surface area contributed by atoms with E-state index in [1.54, 1.807) is 11.0 Å². The van der Waals surface area contributed by atoms with Crippen molar-refractivity contribution >= 4 is 17.4 Å². The number of rotatable bonds is 2. The molecule has 1 N–H and O–H groups in total. The van der Waals surface area contributed by atoms with Crippen molar-refractivity contribution in [3.8, 4) is 0 Å². The van der Waals surface area contributed by atoms with Crippen LogP contribution in [-0.2, 0) is 4.79 Å². The number of nitrogens with one attached hydrogen (secondary N) is 1. The molecule has 0 aliphatic carbocycles. The first-order valence-corrected chi connectivity index (χ1v) is 7.35. The largest absolute Gasteiger partial charge is 0.317 e. The fourth-order valence-corrected chi connectivity index (χ4v) is 3.68. The predicted octanol–water partition coefficient (Wildman–Crippen LogP) is 0.734. The summed E-state index contributed by atoms with van der Waals surface area (Å²) in [7, 11) is 0. The van der Waals surface area contributed by atoms with Crippen molar-refractivity contribution in [2.75, 3.05) is 24.7 Å². The Morgan fingerprint density at radius 2 is 1.80 bits per heavy atom. The number of anilines is 1. The standard InChI is InChI=1S/C16H20N2O2/c1-11-7-12(2)9-17(8-11)10-18-14-6-4-3-5-13(14)15(19)16(18)20/h3-6,11-12H,7-10H2,1-2H3/p+1/t11-,12-/m0/s1. The van der Waals surface area contributed by atoms with Gasteiger partial charge in [-0.2, -0.15) is 0 Å². The van der Waals surface area contributed by atoms with Crippen molar-refractivity contribution in [3.63, 3.8) is 0 Å². The van der Waals surface area contributed by atoms with Crippen molar-refractivity contribution < 1.29 is 14.5 Å². The minimum absolute atomic E-state index is 0.363. The highest BCUT2D eigenvalue weighted by molar-refractivity contribution is 6.52. The Balaban J connectivity index is 1.81. The van der Waals surface area contributed by atoms with E-state index in [4.69, 9.17) is 0 Å². The summed E-state index contributed by atoms with van der Waals surface area (Å²) in [5.41, 5.74) is 1.33. The summed E-state index contributed by atoms with van der Waals surface area (Å²) in [6.07, 6.45) is 1.26. The Labute approximate surface area is 119 Å². The number of hydrogen-bond donors (Lipinski definition) is 1. The van der Waals surface area contributed by atoms with E-state index in [-0.39, 0.29) is 11.7 Å². The van der Waals surface area contributed by atoms with Crippen molar-refractivity contribution in [2.24, 2.45) is 11.8 Å². The summed E-state index contributed by atoms with van der Waals surface area (Å²) in [6.45, 7) is 7.28. The Morgan fingerprint density at radius 3 is 2.50 bits per heavy atom. The number of likely N-dealkylation sites (tertiary alicyclic amines) is 1. The Bertz CT molecular complexity index is 545. The molecule has 1 aromatic rings. The zero-order chi connectivity index (χ0) is 14.3. The fourth-order valence-electron chi connectivity index (χ4n) is 3.68. The average Bonchev–Trinajstić information content (AvgIpc) is 2.64. The number of carbonyl (C=O) groups is 2. The summed E-state index contributed by atoms with van der Waals surface area (Å²) < 4.78 is 0. The lowest BCUT2D eigenvalue weighted by atomic mass is 9.92. The number of benzene rings is 1. The summed E-state index contributed by atoms with van der Waals surface area (Å²) in [5, 5.41) is 0. The third-order valence-electron chi connectivity index (χ3n) is 4.34. The lowest BCUT2D eigenvalue weighted by molar-refractivity contribution is -0.910. The molecule has 4 nitrogen and oxygen atoms in total. The van der Waals surface area contributed by atoms with Gasteiger partial charge in [0.1, 0.15) is 0 Å². The lowest BCUT2D eigenvalue weighted by Crippen LogP contribution is -3.16. The van der Waals surface area contributed by atoms with Crippen LogP contribution in [0.15, 0.2) is 24.3 Å². The molecule has 1 saturated heterocycles. The Morgan fingerprint density at radius 1 is 1.15 bits per heavy atom. The highest BCUT2D eigenvalue weighted by atomic mass is 16.2. The number of carbonyl (C=O) groups excluding carboxylic acids is 2. The summed E-state index contributed by atoms with van der Waals surface area (Å²) in [6, 6.07) is 7.31. The molecule has 0 unspecified atom stereocenters. The van der Waals surface area contributed by atoms with Gasteiger partial charge in [-0.15, -0.1) is 0 Å². The van der Waals surface area contributed by atoms with Gasteiger partial charge in [-0.05, 0) is 18.6 Å². The number of para-hydroxylation sites is 1. The minimum atomic E-state index is -0.371. The molecular formula is C16H21N2O2+. The molecule has 4 heteroatoms. The number of piperidine rings is 1. The van der Waals surface area contributed by atoms with Crippen molar-refractivity contribution in [1.82, 2.24) is 0 Å². The molecule has 1 fully saturated rings. The van der Waals surface area contributed by atoms with E-state index in [0.29, 0.717) is 24.1 Å². The van der Waals surface area contributed by atoms with E-state index in [2.05, 4.69) is 13.8 Å². The third kappa shape index (κ3) is 2.24. The van der Waals surface area contributed by atoms with E-state index in [0.717, 1.165) is 18.8 Å². The molecule has 1 amide bonds. The molecule has 20 heavy (non-hydrogen) atoms. The normalized spacial score (nSPS) is 29.7. The molecule has 1 aromatic carbocycles. The number of hydrogen-bond acceptors (Lipinski definition) is 2. The van der Waals surface area contributed by atoms with Gasteiger partial charge in [0, 0.05) is 11.8 Å². The van der Waals surface area contributed by atoms with Crippen LogP contribution in [-0.4, -0.2) is 31.4 Å². The molecule has 0 aromatic heterocycles. The van der Waals surface area contributed by atoms with Crippen LogP contribution in [0.1, 0.15) is 30.6 Å². The highest BCUT2D eigenvalue weighted by Gasteiger charge is 2.38. The molecule has 3 rings (SSSR count). The number of amides is 1. The molecule has 2 aliphatic heterocycles. The predicted molar refractivity (Wildman–Crippen MR) is 76.8 cm³/mol. The Hall–Kier alpha value is -1.68. The van der Waals surface area contributed by atoms with E-state index >= 15 is 0 Å². The molecule has 0 spiro atoms. The highest BCUT2D eigenvalue weighted by Crippen LogP contribution is 2.27. The molecule has 0 saturated carbocycles. The second kappa shape index (κ2) is 5.02. The van der Waals surface area contributed by atoms with Gasteiger partial charge in [-0.25, -0.2) is 0 Å².